The van der Waals surface area contributed by atoms with Crippen LogP contribution in [-0.4, -0.2) is 17.6 Å². The Morgan fingerprint density at radius 1 is 1.40 bits per heavy atom. The highest BCUT2D eigenvalue weighted by molar-refractivity contribution is 7.15. The number of nitrogens with two attached hydrogens (primary N) is 1. The largest absolute Gasteiger partial charge is 0.345 e. The van der Waals surface area contributed by atoms with Crippen LogP contribution in [0.1, 0.15) is 63.6 Å². The van der Waals surface area contributed by atoms with E-state index in [1.165, 1.54) is 28.5 Å². The van der Waals surface area contributed by atoms with Crippen molar-refractivity contribution in [2.45, 2.75) is 65.5 Å². The maximum Gasteiger partial charge on any atom is 0.186 e. The molecule has 0 amide bonds. The number of anilines is 1. The summed E-state index contributed by atoms with van der Waals surface area (Å²) >= 11 is 1.85. The molecule has 0 aromatic carbocycles. The van der Waals surface area contributed by atoms with Gasteiger partial charge in [-0.15, -0.1) is 0 Å². The highest BCUT2D eigenvalue weighted by Crippen LogP contribution is 2.44. The molecular formula is C16H27N3S. The number of fused-ring (bicyclic) bond motifs is 1. The van der Waals surface area contributed by atoms with Crippen LogP contribution < -0.4 is 10.6 Å². The van der Waals surface area contributed by atoms with E-state index >= 15 is 0 Å². The van der Waals surface area contributed by atoms with Crippen LogP contribution in [0.2, 0.25) is 0 Å². The highest BCUT2D eigenvalue weighted by atomic mass is 32.1. The van der Waals surface area contributed by atoms with Gasteiger partial charge in [0.25, 0.3) is 0 Å². The normalized spacial score (nSPS) is 29.0. The zero-order valence-electron chi connectivity index (χ0n) is 13.1. The van der Waals surface area contributed by atoms with Gasteiger partial charge in [-0.2, -0.15) is 0 Å². The van der Waals surface area contributed by atoms with Crippen LogP contribution >= 0.6 is 11.3 Å². The van der Waals surface area contributed by atoms with Crippen molar-refractivity contribution in [3.63, 3.8) is 0 Å². The average Bonchev–Trinajstić information content (AvgIpc) is 2.91. The molecule has 2 heterocycles. The molecular weight excluding hydrogens is 266 g/mol. The van der Waals surface area contributed by atoms with Crippen molar-refractivity contribution < 1.29 is 0 Å². The summed E-state index contributed by atoms with van der Waals surface area (Å²) in [5, 5.41) is 1.22. The second-order valence-electron chi connectivity index (χ2n) is 7.61. The number of hydrogen-bond acceptors (Lipinski definition) is 4. The van der Waals surface area contributed by atoms with E-state index in [4.69, 9.17) is 10.7 Å². The molecule has 20 heavy (non-hydrogen) atoms. The topological polar surface area (TPSA) is 42.2 Å². The van der Waals surface area contributed by atoms with E-state index in [1.54, 1.807) is 0 Å². The van der Waals surface area contributed by atoms with Gasteiger partial charge in [0.15, 0.2) is 5.13 Å². The number of rotatable bonds is 2. The van der Waals surface area contributed by atoms with Gasteiger partial charge in [-0.3, -0.25) is 0 Å². The standard InChI is InChI=1S/C16H27N3S/c1-10(2)13-6-5-7-19(13)15-18-12-9-16(3,4)8-11(17)14(12)20-15/h10-11,13H,5-9,17H2,1-4H3. The highest BCUT2D eigenvalue weighted by Gasteiger charge is 2.36. The Hall–Kier alpha value is -0.610. The fraction of sp³-hybridized carbons (Fsp3) is 0.812. The van der Waals surface area contributed by atoms with Crippen molar-refractivity contribution in [1.29, 1.82) is 0 Å². The molecule has 0 spiro atoms. The van der Waals surface area contributed by atoms with Gasteiger partial charge in [-0.25, -0.2) is 4.98 Å². The van der Waals surface area contributed by atoms with Crippen LogP contribution in [0, 0.1) is 11.3 Å². The molecule has 2 atom stereocenters. The predicted molar refractivity (Wildman–Crippen MR) is 86.4 cm³/mol. The van der Waals surface area contributed by atoms with Crippen molar-refractivity contribution >= 4 is 16.5 Å². The van der Waals surface area contributed by atoms with Crippen molar-refractivity contribution in [3.8, 4) is 0 Å². The Balaban J connectivity index is 1.90. The third-order valence-corrected chi connectivity index (χ3v) is 6.05. The minimum Gasteiger partial charge on any atom is -0.345 e. The van der Waals surface area contributed by atoms with Crippen LogP contribution in [0.3, 0.4) is 0 Å². The van der Waals surface area contributed by atoms with Gasteiger partial charge in [0.05, 0.1) is 5.69 Å². The van der Waals surface area contributed by atoms with Crippen LogP contribution in [0.25, 0.3) is 0 Å². The molecule has 0 saturated carbocycles. The molecule has 1 aromatic heterocycles. The summed E-state index contributed by atoms with van der Waals surface area (Å²) in [5.74, 6) is 0.698. The number of aromatic nitrogens is 1. The summed E-state index contributed by atoms with van der Waals surface area (Å²) in [4.78, 5) is 8.85. The first-order chi connectivity index (χ1) is 9.37. The maximum atomic E-state index is 6.38. The first-order valence-electron chi connectivity index (χ1n) is 7.89. The third kappa shape index (κ3) is 2.48. The molecule has 1 saturated heterocycles. The third-order valence-electron chi connectivity index (χ3n) is 4.79. The van der Waals surface area contributed by atoms with Crippen molar-refractivity contribution in [2.24, 2.45) is 17.1 Å². The Labute approximate surface area is 126 Å². The summed E-state index contributed by atoms with van der Waals surface area (Å²) in [5.41, 5.74) is 7.94. The smallest absolute Gasteiger partial charge is 0.186 e. The Bertz CT molecular complexity index is 492. The lowest BCUT2D eigenvalue weighted by molar-refractivity contribution is 0.282. The summed E-state index contributed by atoms with van der Waals surface area (Å²) in [6.45, 7) is 10.4. The van der Waals surface area contributed by atoms with E-state index < -0.39 is 0 Å². The van der Waals surface area contributed by atoms with E-state index in [0.29, 0.717) is 17.4 Å². The van der Waals surface area contributed by atoms with Crippen LogP contribution in [-0.2, 0) is 6.42 Å². The zero-order chi connectivity index (χ0) is 14.5. The average molecular weight is 293 g/mol. The van der Waals surface area contributed by atoms with Gasteiger partial charge in [0.1, 0.15) is 0 Å². The number of thiazole rings is 1. The Morgan fingerprint density at radius 2 is 2.15 bits per heavy atom. The molecule has 1 fully saturated rings. The lowest BCUT2D eigenvalue weighted by Gasteiger charge is -2.32. The van der Waals surface area contributed by atoms with Crippen LogP contribution in [0.15, 0.2) is 0 Å². The monoisotopic (exact) mass is 293 g/mol. The molecule has 2 N–H and O–H groups in total. The Morgan fingerprint density at radius 3 is 2.85 bits per heavy atom. The molecule has 1 aliphatic heterocycles. The van der Waals surface area contributed by atoms with E-state index in [1.807, 2.05) is 11.3 Å². The van der Waals surface area contributed by atoms with E-state index in [2.05, 4.69) is 32.6 Å². The lowest BCUT2D eigenvalue weighted by atomic mass is 9.77. The minimum absolute atomic E-state index is 0.181. The van der Waals surface area contributed by atoms with Gasteiger partial charge in [0.2, 0.25) is 0 Å². The maximum absolute atomic E-state index is 6.38. The van der Waals surface area contributed by atoms with Gasteiger partial charge in [-0.05, 0) is 37.0 Å². The van der Waals surface area contributed by atoms with Crippen LogP contribution in [0.5, 0.6) is 0 Å². The molecule has 3 rings (SSSR count). The summed E-state index contributed by atoms with van der Waals surface area (Å²) in [6, 6.07) is 0.840. The molecule has 1 aromatic rings. The molecule has 4 heteroatoms. The summed E-state index contributed by atoms with van der Waals surface area (Å²) in [6.07, 6.45) is 4.76. The van der Waals surface area contributed by atoms with Crippen molar-refractivity contribution in [3.05, 3.63) is 10.6 Å². The zero-order valence-corrected chi connectivity index (χ0v) is 14.0. The minimum atomic E-state index is 0.181. The lowest BCUT2D eigenvalue weighted by Crippen LogP contribution is -2.33. The molecule has 112 valence electrons. The summed E-state index contributed by atoms with van der Waals surface area (Å²) in [7, 11) is 0. The van der Waals surface area contributed by atoms with Crippen LogP contribution in [0.4, 0.5) is 5.13 Å². The van der Waals surface area contributed by atoms with Crippen molar-refractivity contribution in [2.75, 3.05) is 11.4 Å². The molecule has 2 unspecified atom stereocenters. The second-order valence-corrected chi connectivity index (χ2v) is 8.62. The predicted octanol–water partition coefficient (Wildman–Crippen LogP) is 3.74. The first kappa shape index (κ1) is 14.3. The fourth-order valence-corrected chi connectivity index (χ4v) is 4.99. The SMILES string of the molecule is CC(C)C1CCCN1c1nc2c(s1)C(N)CC(C)(C)C2. The fourth-order valence-electron chi connectivity index (χ4n) is 3.83. The molecule has 1 aliphatic carbocycles. The second kappa shape index (κ2) is 4.99. The van der Waals surface area contributed by atoms with E-state index in [0.717, 1.165) is 19.4 Å². The molecule has 3 nitrogen and oxygen atoms in total. The van der Waals surface area contributed by atoms with Gasteiger partial charge in [0, 0.05) is 23.5 Å². The first-order valence-corrected chi connectivity index (χ1v) is 8.71. The van der Waals surface area contributed by atoms with Gasteiger partial charge in [-0.1, -0.05) is 39.0 Å². The summed E-state index contributed by atoms with van der Waals surface area (Å²) < 4.78 is 0. The van der Waals surface area contributed by atoms with E-state index in [9.17, 15) is 0 Å². The Kier molecular flexibility index (Phi) is 3.57. The van der Waals surface area contributed by atoms with Gasteiger partial charge >= 0.3 is 0 Å². The van der Waals surface area contributed by atoms with E-state index in [-0.39, 0.29) is 6.04 Å². The molecule has 0 radical (unpaired) electrons. The van der Waals surface area contributed by atoms with Crippen molar-refractivity contribution in [1.82, 2.24) is 4.98 Å². The number of nitrogens with zero attached hydrogens (tertiary/aromatic N) is 2. The molecule has 0 bridgehead atoms. The number of hydrogen-bond donors (Lipinski definition) is 1. The van der Waals surface area contributed by atoms with Gasteiger partial charge < -0.3 is 10.6 Å². The molecule has 2 aliphatic rings. The quantitative estimate of drug-likeness (QED) is 0.903.